The second kappa shape index (κ2) is 4.57. The highest BCUT2D eigenvalue weighted by Gasteiger charge is 1.98. The lowest BCUT2D eigenvalue weighted by Gasteiger charge is -1.97. The van der Waals surface area contributed by atoms with Gasteiger partial charge in [-0.1, -0.05) is 18.2 Å². The molecule has 0 radical (unpaired) electrons. The van der Waals surface area contributed by atoms with Crippen molar-refractivity contribution < 1.29 is 14.6 Å². The number of hydrogen-bond acceptors (Lipinski definition) is 4. The molecule has 0 amide bonds. The Morgan fingerprint density at radius 2 is 1.82 bits per heavy atom. The summed E-state index contributed by atoms with van der Waals surface area (Å²) in [5.41, 5.74) is -0.0274. The average Bonchev–Trinajstić information content (AvgIpc) is 2.27. The van der Waals surface area contributed by atoms with Crippen LogP contribution in [0.1, 0.15) is 11.3 Å². The van der Waals surface area contributed by atoms with Gasteiger partial charge in [0.2, 0.25) is 0 Å². The summed E-state index contributed by atoms with van der Waals surface area (Å²) in [7, 11) is 0. The first kappa shape index (κ1) is 11.0. The zero-order valence-corrected chi connectivity index (χ0v) is 8.83. The summed E-state index contributed by atoms with van der Waals surface area (Å²) in [5, 5.41) is 18.7. The van der Waals surface area contributed by atoms with Crippen LogP contribution < -0.4 is 5.63 Å². The van der Waals surface area contributed by atoms with Crippen molar-refractivity contribution in [1.82, 2.24) is 0 Å². The van der Waals surface area contributed by atoms with Gasteiger partial charge in [-0.05, 0) is 18.2 Å². The third-order valence-corrected chi connectivity index (χ3v) is 2.14. The molecule has 1 heterocycles. The summed E-state index contributed by atoms with van der Waals surface area (Å²) in [6.45, 7) is 0. The normalized spacial score (nSPS) is 10.8. The number of aromatic hydroxyl groups is 2. The molecule has 0 aliphatic carbocycles. The Kier molecular flexibility index (Phi) is 2.96. The van der Waals surface area contributed by atoms with Crippen LogP contribution in [-0.4, -0.2) is 10.2 Å². The number of para-hydroxylation sites is 1. The lowest BCUT2D eigenvalue weighted by Crippen LogP contribution is -1.95. The quantitative estimate of drug-likeness (QED) is 0.829. The minimum absolute atomic E-state index is 0.131. The van der Waals surface area contributed by atoms with Crippen molar-refractivity contribution in [2.75, 3.05) is 0 Å². The predicted octanol–water partition coefficient (Wildman–Crippen LogP) is 2.22. The first-order valence-electron chi connectivity index (χ1n) is 4.95. The molecule has 2 aromatic rings. The molecule has 1 aromatic heterocycles. The monoisotopic (exact) mass is 230 g/mol. The fraction of sp³-hybridized carbons (Fsp3) is 0. The van der Waals surface area contributed by atoms with Crippen molar-refractivity contribution >= 4 is 12.2 Å². The van der Waals surface area contributed by atoms with Crippen molar-refractivity contribution in [3.63, 3.8) is 0 Å². The van der Waals surface area contributed by atoms with Crippen LogP contribution in [0.15, 0.2) is 45.6 Å². The van der Waals surface area contributed by atoms with Crippen LogP contribution in [0.4, 0.5) is 0 Å². The molecule has 0 bridgehead atoms. The molecule has 2 N–H and O–H groups in total. The molecule has 0 atom stereocenters. The lowest BCUT2D eigenvalue weighted by atomic mass is 10.2. The van der Waals surface area contributed by atoms with E-state index in [-0.39, 0.29) is 17.3 Å². The summed E-state index contributed by atoms with van der Waals surface area (Å²) >= 11 is 0. The van der Waals surface area contributed by atoms with E-state index in [0.29, 0.717) is 5.56 Å². The van der Waals surface area contributed by atoms with Crippen molar-refractivity contribution in [3.05, 3.63) is 58.1 Å². The highest BCUT2D eigenvalue weighted by molar-refractivity contribution is 5.70. The lowest BCUT2D eigenvalue weighted by molar-refractivity contribution is 0.444. The zero-order valence-electron chi connectivity index (χ0n) is 8.83. The van der Waals surface area contributed by atoms with E-state index in [1.807, 2.05) is 0 Å². The largest absolute Gasteiger partial charge is 0.508 e. The number of phenols is 1. The Morgan fingerprint density at radius 1 is 1.06 bits per heavy atom. The van der Waals surface area contributed by atoms with Gasteiger partial charge in [0.1, 0.15) is 17.3 Å². The zero-order chi connectivity index (χ0) is 12.3. The highest BCUT2D eigenvalue weighted by atomic mass is 16.4. The molecule has 0 fully saturated rings. The Morgan fingerprint density at radius 3 is 2.53 bits per heavy atom. The SMILES string of the molecule is O=c1cc(O)cc(/C=C/c2ccccc2O)o1. The molecular formula is C13H10O4. The maximum absolute atomic E-state index is 11.0. The minimum Gasteiger partial charge on any atom is -0.508 e. The molecule has 2 rings (SSSR count). The van der Waals surface area contributed by atoms with Gasteiger partial charge in [0, 0.05) is 11.6 Å². The second-order valence-corrected chi connectivity index (χ2v) is 3.43. The van der Waals surface area contributed by atoms with Gasteiger partial charge in [-0.3, -0.25) is 0 Å². The molecule has 86 valence electrons. The summed E-state index contributed by atoms with van der Waals surface area (Å²) in [5.74, 6) is 0.197. The second-order valence-electron chi connectivity index (χ2n) is 3.43. The molecule has 4 nitrogen and oxygen atoms in total. The van der Waals surface area contributed by atoms with Gasteiger partial charge < -0.3 is 14.6 Å². The summed E-state index contributed by atoms with van der Waals surface area (Å²) < 4.78 is 4.84. The van der Waals surface area contributed by atoms with E-state index in [1.165, 1.54) is 12.1 Å². The van der Waals surface area contributed by atoms with Crippen LogP contribution in [0.3, 0.4) is 0 Å². The first-order valence-corrected chi connectivity index (χ1v) is 4.95. The van der Waals surface area contributed by atoms with Crippen LogP contribution in [0, 0.1) is 0 Å². The standard InChI is InChI=1S/C13H10O4/c14-10-7-11(17-13(16)8-10)6-5-9-3-1-2-4-12(9)15/h1-8,14-15H/b6-5+. The molecule has 4 heteroatoms. The van der Waals surface area contributed by atoms with Gasteiger partial charge in [-0.2, -0.15) is 0 Å². The Hall–Kier alpha value is -2.49. The maximum atomic E-state index is 11.0. The molecule has 0 aliphatic heterocycles. The predicted molar refractivity (Wildman–Crippen MR) is 63.7 cm³/mol. The van der Waals surface area contributed by atoms with Gasteiger partial charge in [0.25, 0.3) is 0 Å². The summed E-state index contributed by atoms with van der Waals surface area (Å²) in [6, 6.07) is 9.05. The van der Waals surface area contributed by atoms with Gasteiger partial charge in [-0.25, -0.2) is 4.79 Å². The third kappa shape index (κ3) is 2.75. The van der Waals surface area contributed by atoms with E-state index in [9.17, 15) is 15.0 Å². The Bertz CT molecular complexity index is 611. The maximum Gasteiger partial charge on any atom is 0.339 e. The summed E-state index contributed by atoms with van der Waals surface area (Å²) in [6.07, 6.45) is 3.09. The Labute approximate surface area is 97.1 Å². The van der Waals surface area contributed by atoms with E-state index in [1.54, 1.807) is 30.3 Å². The van der Waals surface area contributed by atoms with Gasteiger partial charge >= 0.3 is 5.63 Å². The highest BCUT2D eigenvalue weighted by Crippen LogP contribution is 2.19. The fourth-order valence-corrected chi connectivity index (χ4v) is 1.37. The minimum atomic E-state index is -0.623. The van der Waals surface area contributed by atoms with E-state index in [2.05, 4.69) is 0 Å². The van der Waals surface area contributed by atoms with Gasteiger partial charge in [0.05, 0.1) is 6.07 Å². The molecule has 0 saturated carbocycles. The van der Waals surface area contributed by atoms with Crippen LogP contribution in [0.5, 0.6) is 11.5 Å². The number of benzene rings is 1. The van der Waals surface area contributed by atoms with Crippen LogP contribution in [0.2, 0.25) is 0 Å². The van der Waals surface area contributed by atoms with Gasteiger partial charge in [-0.15, -0.1) is 0 Å². The molecule has 0 spiro atoms. The van der Waals surface area contributed by atoms with E-state index < -0.39 is 5.63 Å². The van der Waals surface area contributed by atoms with Gasteiger partial charge in [0.15, 0.2) is 0 Å². The molecule has 0 unspecified atom stereocenters. The third-order valence-electron chi connectivity index (χ3n) is 2.14. The topological polar surface area (TPSA) is 70.7 Å². The molecule has 0 aliphatic rings. The van der Waals surface area contributed by atoms with E-state index >= 15 is 0 Å². The number of phenolic OH excluding ortho intramolecular Hbond substituents is 1. The molecule has 0 saturated heterocycles. The number of hydrogen-bond donors (Lipinski definition) is 2. The van der Waals surface area contributed by atoms with E-state index in [0.717, 1.165) is 6.07 Å². The van der Waals surface area contributed by atoms with Crippen molar-refractivity contribution in [3.8, 4) is 11.5 Å². The Balaban J connectivity index is 2.32. The van der Waals surface area contributed by atoms with Crippen LogP contribution in [0.25, 0.3) is 12.2 Å². The average molecular weight is 230 g/mol. The van der Waals surface area contributed by atoms with Crippen LogP contribution >= 0.6 is 0 Å². The smallest absolute Gasteiger partial charge is 0.339 e. The fourth-order valence-electron chi connectivity index (χ4n) is 1.37. The van der Waals surface area contributed by atoms with Crippen molar-refractivity contribution in [1.29, 1.82) is 0 Å². The first-order chi connectivity index (χ1) is 8.15. The molecule has 17 heavy (non-hydrogen) atoms. The van der Waals surface area contributed by atoms with Crippen molar-refractivity contribution in [2.45, 2.75) is 0 Å². The number of rotatable bonds is 2. The van der Waals surface area contributed by atoms with Crippen LogP contribution in [-0.2, 0) is 0 Å². The molecule has 1 aromatic carbocycles. The van der Waals surface area contributed by atoms with Crippen molar-refractivity contribution in [2.24, 2.45) is 0 Å². The summed E-state index contributed by atoms with van der Waals surface area (Å²) in [4.78, 5) is 11.0. The molecular weight excluding hydrogens is 220 g/mol. The van der Waals surface area contributed by atoms with E-state index in [4.69, 9.17) is 4.42 Å².